The van der Waals surface area contributed by atoms with E-state index >= 15 is 0 Å². The zero-order valence-electron chi connectivity index (χ0n) is 16.1. The number of hydrogen-bond donors (Lipinski definition) is 1. The Morgan fingerprint density at radius 3 is 2.52 bits per heavy atom. The van der Waals surface area contributed by atoms with Crippen LogP contribution in [0.5, 0.6) is 5.75 Å². The van der Waals surface area contributed by atoms with Crippen molar-refractivity contribution >= 4 is 17.5 Å². The molecule has 3 rings (SSSR count). The number of benzene rings is 2. The first-order valence-electron chi connectivity index (χ1n) is 9.36. The fraction of sp³-hybridized carbons (Fsp3) is 0.364. The molecule has 0 bridgehead atoms. The van der Waals surface area contributed by atoms with Crippen LogP contribution in [0.1, 0.15) is 37.3 Å². The zero-order valence-corrected chi connectivity index (χ0v) is 16.1. The van der Waals surface area contributed by atoms with Gasteiger partial charge in [0.1, 0.15) is 5.75 Å². The molecule has 0 fully saturated rings. The maximum Gasteiger partial charge on any atom is 0.262 e. The number of ether oxygens (including phenoxy) is 1. The second-order valence-electron chi connectivity index (χ2n) is 7.09. The number of fused-ring (bicyclic) bond motifs is 1. The summed E-state index contributed by atoms with van der Waals surface area (Å²) >= 11 is 0. The molecule has 5 nitrogen and oxygen atoms in total. The number of carbonyl (C=O) groups is 2. The molecule has 1 N–H and O–H groups in total. The number of likely N-dealkylation sites (N-methyl/N-ethyl adjacent to an activating group) is 1. The van der Waals surface area contributed by atoms with Gasteiger partial charge in [0.25, 0.3) is 5.91 Å². The number of para-hydroxylation sites is 2. The van der Waals surface area contributed by atoms with E-state index in [1.54, 1.807) is 18.0 Å². The summed E-state index contributed by atoms with van der Waals surface area (Å²) in [6, 6.07) is 15.8. The third-order valence-electron chi connectivity index (χ3n) is 4.89. The highest BCUT2D eigenvalue weighted by Crippen LogP contribution is 2.33. The Bertz CT molecular complexity index is 815. The predicted molar refractivity (Wildman–Crippen MR) is 106 cm³/mol. The van der Waals surface area contributed by atoms with E-state index in [1.165, 1.54) is 5.56 Å². The smallest absolute Gasteiger partial charge is 0.262 e. The maximum atomic E-state index is 12.9. The topological polar surface area (TPSA) is 58.6 Å². The van der Waals surface area contributed by atoms with Crippen molar-refractivity contribution in [2.75, 3.05) is 18.5 Å². The minimum absolute atomic E-state index is 0.00686. The molecule has 142 valence electrons. The average molecular weight is 366 g/mol. The number of rotatable bonds is 5. The van der Waals surface area contributed by atoms with Crippen LogP contribution in [0.4, 0.5) is 5.69 Å². The van der Waals surface area contributed by atoms with Crippen molar-refractivity contribution in [3.63, 3.8) is 0 Å². The molecule has 0 radical (unpaired) electrons. The van der Waals surface area contributed by atoms with Gasteiger partial charge in [0.05, 0.1) is 12.2 Å². The van der Waals surface area contributed by atoms with Crippen molar-refractivity contribution in [3.8, 4) is 5.75 Å². The molecule has 0 saturated carbocycles. The molecule has 2 amide bonds. The van der Waals surface area contributed by atoms with Crippen LogP contribution in [0.2, 0.25) is 0 Å². The molecule has 5 heteroatoms. The van der Waals surface area contributed by atoms with Gasteiger partial charge in [-0.1, -0.05) is 50.2 Å². The lowest BCUT2D eigenvalue weighted by Crippen LogP contribution is -2.50. The number of nitrogens with one attached hydrogen (secondary N) is 1. The lowest BCUT2D eigenvalue weighted by Gasteiger charge is -2.34. The molecule has 0 saturated heterocycles. The average Bonchev–Trinajstić information content (AvgIpc) is 2.70. The third kappa shape index (κ3) is 4.30. The Kier molecular flexibility index (Phi) is 5.79. The van der Waals surface area contributed by atoms with Crippen molar-refractivity contribution in [1.29, 1.82) is 0 Å². The molecule has 1 aliphatic heterocycles. The Morgan fingerprint density at radius 2 is 1.85 bits per heavy atom. The van der Waals surface area contributed by atoms with E-state index in [-0.39, 0.29) is 18.4 Å². The number of anilines is 1. The van der Waals surface area contributed by atoms with Crippen LogP contribution in [0.25, 0.3) is 0 Å². The normalized spacial score (nSPS) is 15.9. The molecule has 27 heavy (non-hydrogen) atoms. The monoisotopic (exact) mass is 366 g/mol. The zero-order chi connectivity index (χ0) is 19.4. The number of carbonyl (C=O) groups excluding carboxylic acids is 2. The first-order chi connectivity index (χ1) is 13.0. The molecule has 1 heterocycles. The summed E-state index contributed by atoms with van der Waals surface area (Å²) in [5, 5.41) is 2.60. The van der Waals surface area contributed by atoms with E-state index in [1.807, 2.05) is 18.2 Å². The summed E-state index contributed by atoms with van der Waals surface area (Å²) in [7, 11) is 1.57. The summed E-state index contributed by atoms with van der Waals surface area (Å²) in [5.41, 5.74) is 3.15. The van der Waals surface area contributed by atoms with Crippen LogP contribution < -0.4 is 15.0 Å². The summed E-state index contributed by atoms with van der Waals surface area (Å²) in [5.74, 6) is 0.818. The number of aryl methyl sites for hydroxylation is 1. The van der Waals surface area contributed by atoms with Crippen molar-refractivity contribution in [2.45, 2.75) is 38.7 Å². The number of hydrogen-bond acceptors (Lipinski definition) is 3. The van der Waals surface area contributed by atoms with Gasteiger partial charge in [0.15, 0.2) is 6.10 Å². The van der Waals surface area contributed by atoms with Gasteiger partial charge >= 0.3 is 0 Å². The first kappa shape index (κ1) is 19.0. The van der Waals surface area contributed by atoms with Gasteiger partial charge in [0.2, 0.25) is 5.91 Å². The molecular formula is C22H26N2O3. The molecule has 1 atom stereocenters. The summed E-state index contributed by atoms with van der Waals surface area (Å²) in [4.78, 5) is 26.6. The molecular weight excluding hydrogens is 340 g/mol. The highest BCUT2D eigenvalue weighted by molar-refractivity contribution is 5.97. The number of nitrogens with zero attached hydrogens (tertiary/aromatic N) is 1. The summed E-state index contributed by atoms with van der Waals surface area (Å²) in [6.07, 6.45) is 0.358. The largest absolute Gasteiger partial charge is 0.477 e. The minimum Gasteiger partial charge on any atom is -0.477 e. The maximum absolute atomic E-state index is 12.9. The van der Waals surface area contributed by atoms with Crippen LogP contribution in [0, 0.1) is 0 Å². The van der Waals surface area contributed by atoms with Crippen molar-refractivity contribution in [1.82, 2.24) is 5.32 Å². The van der Waals surface area contributed by atoms with Crippen molar-refractivity contribution in [3.05, 3.63) is 59.7 Å². The van der Waals surface area contributed by atoms with E-state index in [2.05, 4.69) is 43.4 Å². The van der Waals surface area contributed by atoms with E-state index in [9.17, 15) is 9.59 Å². The summed E-state index contributed by atoms with van der Waals surface area (Å²) in [6.45, 7) is 4.55. The van der Waals surface area contributed by atoms with Crippen LogP contribution in [0.15, 0.2) is 48.5 Å². The van der Waals surface area contributed by atoms with Gasteiger partial charge in [-0.3, -0.25) is 9.59 Å². The van der Waals surface area contributed by atoms with Gasteiger partial charge in [-0.05, 0) is 35.6 Å². The minimum atomic E-state index is -0.695. The fourth-order valence-electron chi connectivity index (χ4n) is 3.22. The van der Waals surface area contributed by atoms with Gasteiger partial charge in [0, 0.05) is 13.5 Å². The van der Waals surface area contributed by atoms with Crippen LogP contribution in [0.3, 0.4) is 0 Å². The molecule has 2 aromatic rings. The Labute approximate surface area is 160 Å². The summed E-state index contributed by atoms with van der Waals surface area (Å²) < 4.78 is 5.76. The molecule has 0 aromatic heterocycles. The van der Waals surface area contributed by atoms with E-state index in [4.69, 9.17) is 4.74 Å². The first-order valence-corrected chi connectivity index (χ1v) is 9.36. The molecule has 2 aromatic carbocycles. The van der Waals surface area contributed by atoms with Crippen LogP contribution in [-0.2, 0) is 16.0 Å². The second kappa shape index (κ2) is 8.25. The lowest BCUT2D eigenvalue weighted by atomic mass is 10.00. The quantitative estimate of drug-likeness (QED) is 0.883. The molecule has 0 aliphatic carbocycles. The lowest BCUT2D eigenvalue weighted by molar-refractivity contribution is -0.127. The standard InChI is InChI=1S/C22H26N2O3/c1-15(2)17-11-8-16(9-12-17)10-13-21(25)24-14-20(22(26)23-3)27-19-7-5-4-6-18(19)24/h4-9,11-12,15,20H,10,13-14H2,1-3H3,(H,23,26). The second-order valence-corrected chi connectivity index (χ2v) is 7.09. The number of amides is 2. The Hall–Kier alpha value is -2.82. The van der Waals surface area contributed by atoms with Crippen molar-refractivity contribution < 1.29 is 14.3 Å². The van der Waals surface area contributed by atoms with E-state index < -0.39 is 6.10 Å². The van der Waals surface area contributed by atoms with Gasteiger partial charge in [-0.15, -0.1) is 0 Å². The highest BCUT2D eigenvalue weighted by Gasteiger charge is 2.32. The molecule has 1 aliphatic rings. The highest BCUT2D eigenvalue weighted by atomic mass is 16.5. The Morgan fingerprint density at radius 1 is 1.15 bits per heavy atom. The van der Waals surface area contributed by atoms with E-state index in [0.717, 1.165) is 11.3 Å². The Balaban J connectivity index is 1.72. The fourth-order valence-corrected chi connectivity index (χ4v) is 3.22. The van der Waals surface area contributed by atoms with Gasteiger partial charge in [-0.2, -0.15) is 0 Å². The SMILES string of the molecule is CNC(=O)C1CN(C(=O)CCc2ccc(C(C)C)cc2)c2ccccc2O1. The molecule has 0 spiro atoms. The van der Waals surface area contributed by atoms with Crippen LogP contribution in [-0.4, -0.2) is 31.5 Å². The predicted octanol–water partition coefficient (Wildman–Crippen LogP) is 3.28. The van der Waals surface area contributed by atoms with Crippen LogP contribution >= 0.6 is 0 Å². The molecule has 1 unspecified atom stereocenters. The van der Waals surface area contributed by atoms with Gasteiger partial charge in [-0.25, -0.2) is 0 Å². The third-order valence-corrected chi connectivity index (χ3v) is 4.89. The van der Waals surface area contributed by atoms with Crippen molar-refractivity contribution in [2.24, 2.45) is 0 Å². The van der Waals surface area contributed by atoms with Gasteiger partial charge < -0.3 is 15.0 Å². The van der Waals surface area contributed by atoms with E-state index in [0.29, 0.717) is 24.5 Å².